The molecular formula is C15H15N3O2S. The van der Waals surface area contributed by atoms with Gasteiger partial charge in [0, 0.05) is 0 Å². The van der Waals surface area contributed by atoms with E-state index in [9.17, 15) is 0 Å². The van der Waals surface area contributed by atoms with Gasteiger partial charge in [0.1, 0.15) is 10.5 Å². The number of hydrogen-bond acceptors (Lipinski definition) is 6. The van der Waals surface area contributed by atoms with Crippen LogP contribution in [-0.2, 0) is 0 Å². The predicted octanol–water partition coefficient (Wildman–Crippen LogP) is 3.74. The van der Waals surface area contributed by atoms with Crippen molar-refractivity contribution in [2.24, 2.45) is 0 Å². The molecular weight excluding hydrogens is 286 g/mol. The molecule has 21 heavy (non-hydrogen) atoms. The Morgan fingerprint density at radius 2 is 1.95 bits per heavy atom. The Labute approximate surface area is 126 Å². The van der Waals surface area contributed by atoms with Gasteiger partial charge >= 0.3 is 0 Å². The first-order valence-corrected chi connectivity index (χ1v) is 7.40. The fraction of sp³-hybridized carbons (Fsp3) is 0.200. The summed E-state index contributed by atoms with van der Waals surface area (Å²) in [4.78, 5) is 8.80. The summed E-state index contributed by atoms with van der Waals surface area (Å²) < 4.78 is 11.2. The Bertz CT molecular complexity index is 737. The molecule has 0 fully saturated rings. The quantitative estimate of drug-likeness (QED) is 0.791. The Hall–Kier alpha value is -2.21. The number of nitrogen functional groups attached to an aromatic ring is 1. The summed E-state index contributed by atoms with van der Waals surface area (Å²) in [6.07, 6.45) is 0.0179. The maximum absolute atomic E-state index is 5.86. The minimum absolute atomic E-state index is 0.0179. The van der Waals surface area contributed by atoms with E-state index in [4.69, 9.17) is 14.9 Å². The summed E-state index contributed by atoms with van der Waals surface area (Å²) in [7, 11) is 0. The van der Waals surface area contributed by atoms with Crippen molar-refractivity contribution >= 4 is 28.5 Å². The van der Waals surface area contributed by atoms with Crippen LogP contribution in [0.4, 0.5) is 5.69 Å². The number of fused-ring (bicyclic) bond motifs is 1. The lowest BCUT2D eigenvalue weighted by Gasteiger charge is -2.11. The van der Waals surface area contributed by atoms with E-state index >= 15 is 0 Å². The highest BCUT2D eigenvalue weighted by Crippen LogP contribution is 2.31. The molecule has 0 atom stereocenters. The predicted molar refractivity (Wildman–Crippen MR) is 82.5 cm³/mol. The maximum atomic E-state index is 5.86. The second-order valence-corrected chi connectivity index (χ2v) is 5.73. The number of pyridine rings is 1. The number of rotatable bonds is 4. The molecule has 0 spiro atoms. The smallest absolute Gasteiger partial charge is 0.263 e. The average molecular weight is 301 g/mol. The zero-order valence-electron chi connectivity index (χ0n) is 11.7. The Morgan fingerprint density at radius 1 is 1.14 bits per heavy atom. The van der Waals surface area contributed by atoms with Crippen LogP contribution in [0.2, 0.25) is 0 Å². The standard InChI is InChI=1S/C15H15N3O2S/c1-9(2)19-14-10(16)7-8-13(18-14)21-15-17-11-5-3-4-6-12(11)20-15/h3-9H,16H2,1-2H3. The van der Waals surface area contributed by atoms with Gasteiger partial charge in [-0.05, 0) is 49.9 Å². The van der Waals surface area contributed by atoms with Crippen LogP contribution in [0.3, 0.4) is 0 Å². The lowest BCUT2D eigenvalue weighted by Crippen LogP contribution is -2.09. The topological polar surface area (TPSA) is 74.2 Å². The zero-order valence-corrected chi connectivity index (χ0v) is 12.6. The molecule has 0 unspecified atom stereocenters. The van der Waals surface area contributed by atoms with Crippen LogP contribution in [0.15, 0.2) is 51.1 Å². The average Bonchev–Trinajstić information content (AvgIpc) is 2.84. The van der Waals surface area contributed by atoms with Crippen molar-refractivity contribution in [3.8, 4) is 5.88 Å². The van der Waals surface area contributed by atoms with Crippen LogP contribution in [-0.4, -0.2) is 16.1 Å². The lowest BCUT2D eigenvalue weighted by molar-refractivity contribution is 0.232. The monoisotopic (exact) mass is 301 g/mol. The summed E-state index contributed by atoms with van der Waals surface area (Å²) in [6, 6.07) is 11.2. The molecule has 2 N–H and O–H groups in total. The van der Waals surface area contributed by atoms with Crippen LogP contribution in [0.1, 0.15) is 13.8 Å². The largest absolute Gasteiger partial charge is 0.473 e. The van der Waals surface area contributed by atoms with Crippen molar-refractivity contribution in [2.75, 3.05) is 5.73 Å². The molecule has 0 amide bonds. The maximum Gasteiger partial charge on any atom is 0.263 e. The molecule has 1 aromatic carbocycles. The molecule has 0 bridgehead atoms. The molecule has 0 aliphatic rings. The second kappa shape index (κ2) is 5.65. The van der Waals surface area contributed by atoms with Gasteiger partial charge in [-0.1, -0.05) is 12.1 Å². The van der Waals surface area contributed by atoms with Gasteiger partial charge in [0.05, 0.1) is 11.8 Å². The van der Waals surface area contributed by atoms with Crippen molar-refractivity contribution in [3.63, 3.8) is 0 Å². The Balaban J connectivity index is 1.87. The van der Waals surface area contributed by atoms with Crippen LogP contribution in [0.25, 0.3) is 11.1 Å². The van der Waals surface area contributed by atoms with Crippen LogP contribution >= 0.6 is 11.8 Å². The van der Waals surface area contributed by atoms with Crippen molar-refractivity contribution < 1.29 is 9.15 Å². The van der Waals surface area contributed by atoms with E-state index in [-0.39, 0.29) is 6.10 Å². The molecule has 3 aromatic rings. The van der Waals surface area contributed by atoms with E-state index in [1.54, 1.807) is 6.07 Å². The van der Waals surface area contributed by atoms with Crippen LogP contribution in [0, 0.1) is 0 Å². The van der Waals surface area contributed by atoms with Crippen molar-refractivity contribution in [1.29, 1.82) is 0 Å². The minimum atomic E-state index is 0.0179. The lowest BCUT2D eigenvalue weighted by atomic mass is 10.3. The van der Waals surface area contributed by atoms with E-state index in [1.807, 2.05) is 44.2 Å². The Kier molecular flexibility index (Phi) is 3.70. The number of ether oxygens (including phenoxy) is 1. The van der Waals surface area contributed by atoms with E-state index in [0.717, 1.165) is 16.1 Å². The van der Waals surface area contributed by atoms with E-state index in [1.165, 1.54) is 11.8 Å². The van der Waals surface area contributed by atoms with Gasteiger partial charge in [0.2, 0.25) is 5.88 Å². The highest BCUT2D eigenvalue weighted by molar-refractivity contribution is 7.99. The number of nitrogens with zero attached hydrogens (tertiary/aromatic N) is 2. The number of para-hydroxylation sites is 2. The van der Waals surface area contributed by atoms with E-state index in [2.05, 4.69) is 9.97 Å². The molecule has 6 heteroatoms. The molecule has 2 aromatic heterocycles. The van der Waals surface area contributed by atoms with Gasteiger partial charge in [-0.15, -0.1) is 0 Å². The first-order valence-electron chi connectivity index (χ1n) is 6.58. The number of aromatic nitrogens is 2. The summed E-state index contributed by atoms with van der Waals surface area (Å²) in [5.41, 5.74) is 7.96. The molecule has 0 saturated heterocycles. The number of oxazole rings is 1. The normalized spacial score (nSPS) is 11.2. The third-order valence-electron chi connectivity index (χ3n) is 2.68. The first-order chi connectivity index (χ1) is 10.1. The fourth-order valence-electron chi connectivity index (χ4n) is 1.79. The molecule has 0 saturated carbocycles. The van der Waals surface area contributed by atoms with Crippen LogP contribution in [0.5, 0.6) is 5.88 Å². The van der Waals surface area contributed by atoms with Gasteiger partial charge in [-0.3, -0.25) is 0 Å². The first kappa shape index (κ1) is 13.8. The summed E-state index contributed by atoms with van der Waals surface area (Å²) in [5, 5.41) is 1.27. The molecule has 0 radical (unpaired) electrons. The highest BCUT2D eigenvalue weighted by atomic mass is 32.2. The number of benzene rings is 1. The molecule has 0 aliphatic carbocycles. The molecule has 2 heterocycles. The van der Waals surface area contributed by atoms with Crippen molar-refractivity contribution in [1.82, 2.24) is 9.97 Å². The van der Waals surface area contributed by atoms with Crippen molar-refractivity contribution in [3.05, 3.63) is 36.4 Å². The highest BCUT2D eigenvalue weighted by Gasteiger charge is 2.11. The number of hydrogen-bond donors (Lipinski definition) is 1. The van der Waals surface area contributed by atoms with Gasteiger partial charge in [0.25, 0.3) is 5.22 Å². The van der Waals surface area contributed by atoms with Gasteiger partial charge in [0.15, 0.2) is 5.58 Å². The summed E-state index contributed by atoms with van der Waals surface area (Å²) in [5.74, 6) is 0.436. The minimum Gasteiger partial charge on any atom is -0.473 e. The SMILES string of the molecule is CC(C)Oc1nc(Sc2nc3ccccc3o2)ccc1N. The summed E-state index contributed by atoms with van der Waals surface area (Å²) >= 11 is 1.34. The third kappa shape index (κ3) is 3.11. The second-order valence-electron chi connectivity index (χ2n) is 4.76. The molecule has 108 valence electrons. The third-order valence-corrected chi connectivity index (χ3v) is 3.46. The fourth-order valence-corrected chi connectivity index (χ4v) is 2.51. The number of anilines is 1. The van der Waals surface area contributed by atoms with Gasteiger partial charge < -0.3 is 14.9 Å². The van der Waals surface area contributed by atoms with Crippen molar-refractivity contribution in [2.45, 2.75) is 30.2 Å². The van der Waals surface area contributed by atoms with E-state index < -0.39 is 0 Å². The van der Waals surface area contributed by atoms with Gasteiger partial charge in [-0.25, -0.2) is 9.97 Å². The summed E-state index contributed by atoms with van der Waals surface area (Å²) in [6.45, 7) is 3.86. The van der Waals surface area contributed by atoms with E-state index in [0.29, 0.717) is 16.8 Å². The van der Waals surface area contributed by atoms with Gasteiger partial charge in [-0.2, -0.15) is 0 Å². The molecule has 5 nitrogen and oxygen atoms in total. The zero-order chi connectivity index (χ0) is 14.8. The Morgan fingerprint density at radius 3 is 2.71 bits per heavy atom. The number of nitrogens with two attached hydrogens (primary N) is 1. The van der Waals surface area contributed by atoms with Crippen LogP contribution < -0.4 is 10.5 Å². The molecule has 3 rings (SSSR count). The molecule has 0 aliphatic heterocycles.